The number of benzene rings is 3. The number of amides is 1. The predicted octanol–water partition coefficient (Wildman–Crippen LogP) is 4.79. The van der Waals surface area contributed by atoms with Crippen molar-refractivity contribution in [3.05, 3.63) is 71.8 Å². The molecule has 0 spiro atoms. The second-order valence-corrected chi connectivity index (χ2v) is 6.32. The first-order valence-electron chi connectivity index (χ1n) is 8.47. The lowest BCUT2D eigenvalue weighted by atomic mass is 9.97. The van der Waals surface area contributed by atoms with Crippen molar-refractivity contribution in [2.24, 2.45) is 0 Å². The SMILES string of the molecule is COc1ccc2cc([C@H](C)C(=O)Nc3cccc(C(C)=O)c3)ccc2c1. The van der Waals surface area contributed by atoms with Gasteiger partial charge in [0.15, 0.2) is 5.78 Å². The molecule has 3 aromatic rings. The first kappa shape index (κ1) is 17.7. The molecule has 0 unspecified atom stereocenters. The van der Waals surface area contributed by atoms with Gasteiger partial charge in [0.25, 0.3) is 0 Å². The van der Waals surface area contributed by atoms with Gasteiger partial charge >= 0.3 is 0 Å². The van der Waals surface area contributed by atoms with Crippen LogP contribution in [-0.2, 0) is 4.79 Å². The zero-order valence-electron chi connectivity index (χ0n) is 15.1. The van der Waals surface area contributed by atoms with Gasteiger partial charge in [-0.2, -0.15) is 0 Å². The molecular weight excluding hydrogens is 326 g/mol. The van der Waals surface area contributed by atoms with Crippen molar-refractivity contribution in [1.29, 1.82) is 0 Å². The molecule has 0 fully saturated rings. The van der Waals surface area contributed by atoms with Crippen molar-refractivity contribution < 1.29 is 14.3 Å². The smallest absolute Gasteiger partial charge is 0.231 e. The minimum atomic E-state index is -0.317. The van der Waals surface area contributed by atoms with Crippen LogP contribution in [0.4, 0.5) is 5.69 Å². The average Bonchev–Trinajstić information content (AvgIpc) is 2.66. The van der Waals surface area contributed by atoms with Gasteiger partial charge in [-0.25, -0.2) is 0 Å². The van der Waals surface area contributed by atoms with Crippen LogP contribution in [0, 0.1) is 0 Å². The summed E-state index contributed by atoms with van der Waals surface area (Å²) < 4.78 is 5.24. The summed E-state index contributed by atoms with van der Waals surface area (Å²) in [5.74, 6) is 0.349. The van der Waals surface area contributed by atoms with E-state index in [1.807, 2.05) is 43.3 Å². The van der Waals surface area contributed by atoms with Gasteiger partial charge in [-0.1, -0.05) is 36.4 Å². The predicted molar refractivity (Wildman–Crippen MR) is 104 cm³/mol. The van der Waals surface area contributed by atoms with Crippen LogP contribution in [-0.4, -0.2) is 18.8 Å². The number of ether oxygens (including phenoxy) is 1. The molecule has 132 valence electrons. The van der Waals surface area contributed by atoms with Crippen molar-refractivity contribution in [3.8, 4) is 5.75 Å². The molecular formula is C22H21NO3. The topological polar surface area (TPSA) is 55.4 Å². The summed E-state index contributed by atoms with van der Waals surface area (Å²) in [7, 11) is 1.64. The van der Waals surface area contributed by atoms with E-state index in [0.29, 0.717) is 11.3 Å². The second-order valence-electron chi connectivity index (χ2n) is 6.32. The van der Waals surface area contributed by atoms with E-state index in [1.54, 1.807) is 31.4 Å². The molecule has 0 aromatic heterocycles. The Bertz CT molecular complexity index is 978. The number of fused-ring (bicyclic) bond motifs is 1. The highest BCUT2D eigenvalue weighted by molar-refractivity contribution is 5.99. The number of hydrogen-bond acceptors (Lipinski definition) is 3. The molecule has 4 heteroatoms. The van der Waals surface area contributed by atoms with E-state index in [4.69, 9.17) is 4.74 Å². The molecule has 0 aliphatic carbocycles. The van der Waals surface area contributed by atoms with E-state index in [-0.39, 0.29) is 17.6 Å². The van der Waals surface area contributed by atoms with Crippen molar-refractivity contribution >= 4 is 28.2 Å². The van der Waals surface area contributed by atoms with Crippen molar-refractivity contribution in [3.63, 3.8) is 0 Å². The van der Waals surface area contributed by atoms with Crippen LogP contribution in [0.2, 0.25) is 0 Å². The quantitative estimate of drug-likeness (QED) is 0.675. The van der Waals surface area contributed by atoms with Crippen molar-refractivity contribution in [2.75, 3.05) is 12.4 Å². The lowest BCUT2D eigenvalue weighted by molar-refractivity contribution is -0.117. The molecule has 0 radical (unpaired) electrons. The van der Waals surface area contributed by atoms with Crippen LogP contribution in [0.1, 0.15) is 35.7 Å². The summed E-state index contributed by atoms with van der Waals surface area (Å²) in [4.78, 5) is 24.1. The molecule has 26 heavy (non-hydrogen) atoms. The zero-order chi connectivity index (χ0) is 18.7. The molecule has 0 aliphatic rings. The van der Waals surface area contributed by atoms with Crippen LogP contribution >= 0.6 is 0 Å². The molecule has 3 rings (SSSR count). The maximum atomic E-state index is 12.6. The lowest BCUT2D eigenvalue weighted by Gasteiger charge is -2.14. The van der Waals surface area contributed by atoms with Crippen molar-refractivity contribution in [1.82, 2.24) is 0 Å². The molecule has 0 aliphatic heterocycles. The first-order chi connectivity index (χ1) is 12.5. The minimum absolute atomic E-state index is 0.0286. The van der Waals surface area contributed by atoms with E-state index in [0.717, 1.165) is 22.1 Å². The fourth-order valence-corrected chi connectivity index (χ4v) is 2.86. The van der Waals surface area contributed by atoms with Gasteiger partial charge < -0.3 is 10.1 Å². The van der Waals surface area contributed by atoms with Crippen LogP contribution in [0.3, 0.4) is 0 Å². The van der Waals surface area contributed by atoms with Gasteiger partial charge in [-0.05, 0) is 54.4 Å². The summed E-state index contributed by atoms with van der Waals surface area (Å²) >= 11 is 0. The standard InChI is InChI=1S/C22H21NO3/c1-14(22(25)23-20-6-4-5-17(12-20)15(2)24)16-7-8-19-13-21(26-3)10-9-18(19)11-16/h4-14H,1-3H3,(H,23,25)/t14-/m0/s1. The number of rotatable bonds is 5. The Hall–Kier alpha value is -3.14. The Morgan fingerprint density at radius 1 is 0.962 bits per heavy atom. The van der Waals surface area contributed by atoms with E-state index in [1.165, 1.54) is 6.92 Å². The zero-order valence-corrected chi connectivity index (χ0v) is 15.1. The Balaban J connectivity index is 1.80. The number of ketones is 1. The average molecular weight is 347 g/mol. The van der Waals surface area contributed by atoms with Gasteiger partial charge in [-0.15, -0.1) is 0 Å². The van der Waals surface area contributed by atoms with Gasteiger partial charge in [-0.3, -0.25) is 9.59 Å². The molecule has 0 heterocycles. The maximum Gasteiger partial charge on any atom is 0.231 e. The molecule has 0 saturated heterocycles. The van der Waals surface area contributed by atoms with Crippen LogP contribution in [0.15, 0.2) is 60.7 Å². The van der Waals surface area contributed by atoms with Crippen molar-refractivity contribution in [2.45, 2.75) is 19.8 Å². The number of methoxy groups -OCH3 is 1. The fraction of sp³-hybridized carbons (Fsp3) is 0.182. The number of hydrogen-bond donors (Lipinski definition) is 1. The van der Waals surface area contributed by atoms with Gasteiger partial charge in [0, 0.05) is 11.3 Å². The Morgan fingerprint density at radius 2 is 1.69 bits per heavy atom. The van der Waals surface area contributed by atoms with Gasteiger partial charge in [0.05, 0.1) is 13.0 Å². The van der Waals surface area contributed by atoms with Gasteiger partial charge in [0.2, 0.25) is 5.91 Å². The molecule has 1 N–H and O–H groups in total. The highest BCUT2D eigenvalue weighted by Gasteiger charge is 2.16. The molecule has 4 nitrogen and oxygen atoms in total. The largest absolute Gasteiger partial charge is 0.497 e. The third-order valence-electron chi connectivity index (χ3n) is 4.50. The maximum absolute atomic E-state index is 12.6. The Morgan fingerprint density at radius 3 is 2.42 bits per heavy atom. The molecule has 3 aromatic carbocycles. The van der Waals surface area contributed by atoms with Crippen LogP contribution in [0.25, 0.3) is 10.8 Å². The van der Waals surface area contributed by atoms with E-state index in [9.17, 15) is 9.59 Å². The number of nitrogens with one attached hydrogen (secondary N) is 1. The second kappa shape index (κ2) is 7.40. The number of carbonyl (C=O) groups excluding carboxylic acids is 2. The summed E-state index contributed by atoms with van der Waals surface area (Å²) in [6.07, 6.45) is 0. The van der Waals surface area contributed by atoms with Gasteiger partial charge in [0.1, 0.15) is 5.75 Å². The molecule has 1 amide bonds. The van der Waals surface area contributed by atoms with E-state index >= 15 is 0 Å². The monoisotopic (exact) mass is 347 g/mol. The Kier molecular flexibility index (Phi) is 5.03. The summed E-state index contributed by atoms with van der Waals surface area (Å²) in [5, 5.41) is 5.01. The van der Waals surface area contributed by atoms with E-state index in [2.05, 4.69) is 5.32 Å². The van der Waals surface area contributed by atoms with Crippen LogP contribution < -0.4 is 10.1 Å². The molecule has 1 atom stereocenters. The fourth-order valence-electron chi connectivity index (χ4n) is 2.86. The van der Waals surface area contributed by atoms with E-state index < -0.39 is 0 Å². The lowest BCUT2D eigenvalue weighted by Crippen LogP contribution is -2.19. The summed E-state index contributed by atoms with van der Waals surface area (Å²) in [5.41, 5.74) is 2.14. The third kappa shape index (κ3) is 3.75. The number of anilines is 1. The molecule has 0 saturated carbocycles. The number of Topliss-reactive ketones (excluding diaryl/α,β-unsaturated/α-hetero) is 1. The highest BCUT2D eigenvalue weighted by Crippen LogP contribution is 2.26. The van der Waals surface area contributed by atoms with Crippen LogP contribution in [0.5, 0.6) is 5.75 Å². The summed E-state index contributed by atoms with van der Waals surface area (Å²) in [6.45, 7) is 3.38. The highest BCUT2D eigenvalue weighted by atomic mass is 16.5. The Labute approximate surface area is 152 Å². The molecule has 0 bridgehead atoms. The number of carbonyl (C=O) groups is 2. The third-order valence-corrected chi connectivity index (χ3v) is 4.50. The first-order valence-corrected chi connectivity index (χ1v) is 8.47. The normalized spacial score (nSPS) is 11.8. The minimum Gasteiger partial charge on any atom is -0.497 e. The summed E-state index contributed by atoms with van der Waals surface area (Å²) in [6, 6.07) is 18.8.